The maximum absolute atomic E-state index is 12.6. The van der Waals surface area contributed by atoms with Gasteiger partial charge >= 0.3 is 5.97 Å². The molecular formula is C18H19N5O4. The molecule has 0 aliphatic heterocycles. The zero-order valence-electron chi connectivity index (χ0n) is 15.1. The highest BCUT2D eigenvalue weighted by molar-refractivity contribution is 5.91. The van der Waals surface area contributed by atoms with Crippen molar-refractivity contribution in [2.75, 3.05) is 7.11 Å². The van der Waals surface area contributed by atoms with Crippen molar-refractivity contribution in [2.24, 2.45) is 0 Å². The first kappa shape index (κ1) is 18.3. The molecule has 2 heterocycles. The Morgan fingerprint density at radius 3 is 2.74 bits per heavy atom. The molecule has 9 nitrogen and oxygen atoms in total. The van der Waals surface area contributed by atoms with E-state index in [2.05, 4.69) is 20.4 Å². The van der Waals surface area contributed by atoms with E-state index in [0.717, 1.165) is 11.4 Å². The maximum Gasteiger partial charge on any atom is 0.305 e. The Morgan fingerprint density at radius 2 is 2.04 bits per heavy atom. The Morgan fingerprint density at radius 1 is 1.26 bits per heavy atom. The van der Waals surface area contributed by atoms with Gasteiger partial charge < -0.3 is 15.2 Å². The SMILES string of the molecule is COc1cccc(C(CC(=O)O)NC(=O)c2nc3nc(C)cc(C)n3n2)c1. The largest absolute Gasteiger partial charge is 0.497 e. The van der Waals surface area contributed by atoms with Crippen LogP contribution in [-0.2, 0) is 4.79 Å². The summed E-state index contributed by atoms with van der Waals surface area (Å²) in [7, 11) is 1.52. The number of hydrogen-bond acceptors (Lipinski definition) is 6. The van der Waals surface area contributed by atoms with Crippen LogP contribution in [0.1, 0.15) is 40.0 Å². The van der Waals surface area contributed by atoms with Crippen LogP contribution in [0.25, 0.3) is 5.78 Å². The van der Waals surface area contributed by atoms with Gasteiger partial charge in [-0.3, -0.25) is 9.59 Å². The van der Waals surface area contributed by atoms with Gasteiger partial charge in [0.15, 0.2) is 0 Å². The third-order valence-corrected chi connectivity index (χ3v) is 4.00. The fraction of sp³-hybridized carbons (Fsp3) is 0.278. The van der Waals surface area contributed by atoms with E-state index in [0.29, 0.717) is 17.1 Å². The third kappa shape index (κ3) is 4.02. The number of carboxylic acid groups (broad SMARTS) is 1. The minimum Gasteiger partial charge on any atom is -0.497 e. The summed E-state index contributed by atoms with van der Waals surface area (Å²) in [6.45, 7) is 3.66. The number of ether oxygens (including phenoxy) is 1. The summed E-state index contributed by atoms with van der Waals surface area (Å²) in [5, 5.41) is 16.1. The van der Waals surface area contributed by atoms with Crippen LogP contribution >= 0.6 is 0 Å². The first-order valence-corrected chi connectivity index (χ1v) is 8.25. The van der Waals surface area contributed by atoms with Crippen LogP contribution in [0.15, 0.2) is 30.3 Å². The van der Waals surface area contributed by atoms with Gasteiger partial charge in [0.25, 0.3) is 11.7 Å². The number of aliphatic carboxylic acids is 1. The number of nitrogens with one attached hydrogen (secondary N) is 1. The van der Waals surface area contributed by atoms with E-state index in [-0.39, 0.29) is 12.2 Å². The second-order valence-corrected chi connectivity index (χ2v) is 6.09. The lowest BCUT2D eigenvalue weighted by Gasteiger charge is -2.17. The topological polar surface area (TPSA) is 119 Å². The van der Waals surface area contributed by atoms with E-state index < -0.39 is 17.9 Å². The summed E-state index contributed by atoms with van der Waals surface area (Å²) in [4.78, 5) is 32.3. The molecule has 0 saturated carbocycles. The minimum absolute atomic E-state index is 0.0746. The van der Waals surface area contributed by atoms with Gasteiger partial charge in [0.05, 0.1) is 19.6 Å². The molecule has 9 heteroatoms. The highest BCUT2D eigenvalue weighted by Gasteiger charge is 2.22. The Balaban J connectivity index is 1.90. The van der Waals surface area contributed by atoms with Gasteiger partial charge in [0, 0.05) is 11.4 Å². The molecule has 1 aromatic carbocycles. The van der Waals surface area contributed by atoms with Crippen LogP contribution in [-0.4, -0.2) is 43.7 Å². The van der Waals surface area contributed by atoms with Gasteiger partial charge in [0.2, 0.25) is 5.82 Å². The van der Waals surface area contributed by atoms with Crippen LogP contribution in [0.2, 0.25) is 0 Å². The first-order valence-electron chi connectivity index (χ1n) is 8.25. The number of hydrogen-bond donors (Lipinski definition) is 2. The highest BCUT2D eigenvalue weighted by atomic mass is 16.5. The fourth-order valence-electron chi connectivity index (χ4n) is 2.77. The Hall–Kier alpha value is -3.49. The Bertz CT molecular complexity index is 1010. The summed E-state index contributed by atoms with van der Waals surface area (Å²) in [6.07, 6.45) is -0.289. The van der Waals surface area contributed by atoms with Crippen molar-refractivity contribution in [3.63, 3.8) is 0 Å². The standard InChI is InChI=1S/C18H19N5O4/c1-10-7-11(2)23-18(19-10)21-16(22-23)17(26)20-14(9-15(24)25)12-5-4-6-13(8-12)27-3/h4-8,14H,9H2,1-3H3,(H,20,26)(H,24,25). The number of nitrogens with zero attached hydrogens (tertiary/aromatic N) is 4. The molecule has 140 valence electrons. The zero-order valence-corrected chi connectivity index (χ0v) is 15.1. The number of aryl methyl sites for hydroxylation is 2. The van der Waals surface area contributed by atoms with E-state index >= 15 is 0 Å². The highest BCUT2D eigenvalue weighted by Crippen LogP contribution is 2.22. The molecule has 1 amide bonds. The van der Waals surface area contributed by atoms with Crippen molar-refractivity contribution < 1.29 is 19.4 Å². The van der Waals surface area contributed by atoms with Crippen molar-refractivity contribution >= 4 is 17.7 Å². The predicted octanol–water partition coefficient (Wildman–Crippen LogP) is 1.70. The number of fused-ring (bicyclic) bond motifs is 1. The summed E-state index contributed by atoms with van der Waals surface area (Å²) in [6, 6.07) is 7.94. The summed E-state index contributed by atoms with van der Waals surface area (Å²) in [5.74, 6) is -0.813. The molecule has 2 aromatic heterocycles. The van der Waals surface area contributed by atoms with Crippen molar-refractivity contribution in [1.29, 1.82) is 0 Å². The van der Waals surface area contributed by atoms with Crippen LogP contribution in [0.3, 0.4) is 0 Å². The summed E-state index contributed by atoms with van der Waals surface area (Å²) in [5.41, 5.74) is 2.16. The number of amides is 1. The molecule has 27 heavy (non-hydrogen) atoms. The van der Waals surface area contributed by atoms with Crippen LogP contribution in [0.4, 0.5) is 0 Å². The smallest absolute Gasteiger partial charge is 0.305 e. The molecule has 1 unspecified atom stereocenters. The molecule has 3 aromatic rings. The molecule has 0 bridgehead atoms. The summed E-state index contributed by atoms with van der Waals surface area (Å²) < 4.78 is 6.64. The molecule has 0 aliphatic rings. The molecule has 0 spiro atoms. The fourth-order valence-corrected chi connectivity index (χ4v) is 2.77. The van der Waals surface area contributed by atoms with E-state index in [1.165, 1.54) is 11.6 Å². The lowest BCUT2D eigenvalue weighted by atomic mass is 10.0. The van der Waals surface area contributed by atoms with Gasteiger partial charge in [-0.2, -0.15) is 4.98 Å². The number of carboxylic acids is 1. The molecule has 0 aliphatic carbocycles. The summed E-state index contributed by atoms with van der Waals surface area (Å²) >= 11 is 0. The van der Waals surface area contributed by atoms with Crippen molar-refractivity contribution in [2.45, 2.75) is 26.3 Å². The minimum atomic E-state index is -1.04. The first-order chi connectivity index (χ1) is 12.9. The molecule has 3 rings (SSSR count). The van der Waals surface area contributed by atoms with E-state index in [1.54, 1.807) is 24.3 Å². The number of methoxy groups -OCH3 is 1. The Labute approximate surface area is 155 Å². The van der Waals surface area contributed by atoms with Crippen LogP contribution < -0.4 is 10.1 Å². The van der Waals surface area contributed by atoms with Gasteiger partial charge in [-0.15, -0.1) is 5.10 Å². The second-order valence-electron chi connectivity index (χ2n) is 6.09. The van der Waals surface area contributed by atoms with E-state index in [4.69, 9.17) is 4.74 Å². The van der Waals surface area contributed by atoms with Crippen LogP contribution in [0.5, 0.6) is 5.75 Å². The third-order valence-electron chi connectivity index (χ3n) is 4.00. The van der Waals surface area contributed by atoms with Gasteiger partial charge in [-0.25, -0.2) is 9.50 Å². The average Bonchev–Trinajstić information content (AvgIpc) is 3.05. The molecule has 0 radical (unpaired) electrons. The number of benzene rings is 1. The quantitative estimate of drug-likeness (QED) is 0.679. The van der Waals surface area contributed by atoms with Gasteiger partial charge in [-0.05, 0) is 37.6 Å². The van der Waals surface area contributed by atoms with Crippen molar-refractivity contribution in [3.05, 3.63) is 53.1 Å². The van der Waals surface area contributed by atoms with Gasteiger partial charge in [-0.1, -0.05) is 12.1 Å². The molecule has 2 N–H and O–H groups in total. The monoisotopic (exact) mass is 369 g/mol. The molecule has 1 atom stereocenters. The zero-order chi connectivity index (χ0) is 19.6. The molecule has 0 saturated heterocycles. The Kier molecular flexibility index (Phi) is 5.02. The number of aromatic nitrogens is 4. The van der Waals surface area contributed by atoms with Crippen LogP contribution in [0, 0.1) is 13.8 Å². The van der Waals surface area contributed by atoms with E-state index in [1.807, 2.05) is 19.9 Å². The molecule has 0 fully saturated rings. The lowest BCUT2D eigenvalue weighted by Crippen LogP contribution is -2.31. The van der Waals surface area contributed by atoms with E-state index in [9.17, 15) is 14.7 Å². The molecular weight excluding hydrogens is 350 g/mol. The predicted molar refractivity (Wildman–Crippen MR) is 95.7 cm³/mol. The van der Waals surface area contributed by atoms with Crippen molar-refractivity contribution in [3.8, 4) is 5.75 Å². The second kappa shape index (κ2) is 7.40. The van der Waals surface area contributed by atoms with Gasteiger partial charge in [0.1, 0.15) is 5.75 Å². The lowest BCUT2D eigenvalue weighted by molar-refractivity contribution is -0.137. The van der Waals surface area contributed by atoms with Crippen molar-refractivity contribution in [1.82, 2.24) is 24.9 Å². The number of carbonyl (C=O) groups excluding carboxylic acids is 1. The maximum atomic E-state index is 12.6. The number of rotatable bonds is 6. The average molecular weight is 369 g/mol. The normalized spacial score (nSPS) is 12.0. The number of carbonyl (C=O) groups is 2.